The van der Waals surface area contributed by atoms with Crippen LogP contribution in [0.25, 0.3) is 0 Å². The smallest absolute Gasteiger partial charge is 0.283 e. The second-order valence-corrected chi connectivity index (χ2v) is 8.81. The minimum absolute atomic E-state index is 0.0163. The normalized spacial score (nSPS) is 18.7. The maximum atomic E-state index is 13.1. The highest BCUT2D eigenvalue weighted by molar-refractivity contribution is 6.53. The molecule has 172 valence electrons. The van der Waals surface area contributed by atoms with Crippen molar-refractivity contribution in [3.8, 4) is 5.75 Å². The van der Waals surface area contributed by atoms with Crippen LogP contribution < -0.4 is 15.0 Å². The van der Waals surface area contributed by atoms with Crippen LogP contribution in [0.3, 0.4) is 0 Å². The van der Waals surface area contributed by atoms with Crippen molar-refractivity contribution >= 4 is 52.3 Å². The molecule has 0 spiro atoms. The maximum Gasteiger partial charge on any atom is 0.283 e. The van der Waals surface area contributed by atoms with Crippen LogP contribution >= 0.6 is 23.2 Å². The Morgan fingerprint density at radius 2 is 1.79 bits per heavy atom. The van der Waals surface area contributed by atoms with E-state index in [4.69, 9.17) is 27.9 Å². The van der Waals surface area contributed by atoms with Gasteiger partial charge in [0.15, 0.2) is 0 Å². The van der Waals surface area contributed by atoms with Gasteiger partial charge in [0.25, 0.3) is 17.7 Å². The maximum absolute atomic E-state index is 13.1. The number of hydrogen-bond donors (Lipinski definition) is 1. The number of amides is 3. The predicted molar refractivity (Wildman–Crippen MR) is 128 cm³/mol. The first kappa shape index (κ1) is 23.1. The van der Waals surface area contributed by atoms with E-state index >= 15 is 0 Å². The summed E-state index contributed by atoms with van der Waals surface area (Å²) in [6.45, 7) is 2.81. The molecule has 2 aliphatic rings. The molecule has 2 aromatic carbocycles. The zero-order chi connectivity index (χ0) is 23.7. The Kier molecular flexibility index (Phi) is 6.63. The van der Waals surface area contributed by atoms with Crippen molar-refractivity contribution in [3.05, 3.63) is 63.8 Å². The first-order chi connectivity index (χ1) is 15.8. The van der Waals surface area contributed by atoms with Gasteiger partial charge in [-0.05, 0) is 68.7 Å². The summed E-state index contributed by atoms with van der Waals surface area (Å²) in [6, 6.07) is 11.6. The van der Waals surface area contributed by atoms with E-state index < -0.39 is 11.8 Å². The fraction of sp³-hybridized carbons (Fsp3) is 0.292. The van der Waals surface area contributed by atoms with Crippen molar-refractivity contribution in [3.63, 3.8) is 0 Å². The van der Waals surface area contributed by atoms with E-state index in [0.29, 0.717) is 22.0 Å². The van der Waals surface area contributed by atoms with Gasteiger partial charge in [0.05, 0.1) is 12.8 Å². The van der Waals surface area contributed by atoms with Gasteiger partial charge in [0.1, 0.15) is 16.5 Å². The Morgan fingerprint density at radius 3 is 2.45 bits per heavy atom. The summed E-state index contributed by atoms with van der Waals surface area (Å²) < 4.78 is 5.27. The number of carbonyl (C=O) groups is 3. The van der Waals surface area contributed by atoms with E-state index in [9.17, 15) is 14.4 Å². The highest BCUT2D eigenvalue weighted by Gasteiger charge is 2.40. The van der Waals surface area contributed by atoms with Gasteiger partial charge in [-0.25, -0.2) is 4.90 Å². The summed E-state index contributed by atoms with van der Waals surface area (Å²) >= 11 is 12.3. The van der Waals surface area contributed by atoms with E-state index in [2.05, 4.69) is 12.2 Å². The number of piperidine rings is 1. The summed E-state index contributed by atoms with van der Waals surface area (Å²) in [4.78, 5) is 41.5. The molecular weight excluding hydrogens is 465 g/mol. The van der Waals surface area contributed by atoms with E-state index in [1.807, 2.05) is 4.90 Å². The summed E-state index contributed by atoms with van der Waals surface area (Å²) in [5.41, 5.74) is 1.22. The molecule has 2 aliphatic heterocycles. The average Bonchev–Trinajstić information content (AvgIpc) is 3.02. The summed E-state index contributed by atoms with van der Waals surface area (Å²) in [5, 5.41) is 3.01. The Hall–Kier alpha value is -3.03. The molecule has 1 fully saturated rings. The van der Waals surface area contributed by atoms with Gasteiger partial charge in [0.2, 0.25) is 0 Å². The Labute approximate surface area is 201 Å². The standard InChI is InChI=1S/C24H23Cl2N3O4/c1-14-5-3-4-12-28(14)22(30)15-6-9-17(10-7-15)27-21-20(26)23(31)29(24(21)32)18-13-16(25)8-11-19(18)33-2/h6-11,13-14,27H,3-5,12H2,1-2H3. The molecule has 1 unspecified atom stereocenters. The van der Waals surface area contributed by atoms with Gasteiger partial charge in [-0.1, -0.05) is 23.2 Å². The van der Waals surface area contributed by atoms with Crippen molar-refractivity contribution in [1.82, 2.24) is 4.90 Å². The summed E-state index contributed by atoms with van der Waals surface area (Å²) in [5.74, 6) is -1.03. The Balaban J connectivity index is 1.53. The lowest BCUT2D eigenvalue weighted by molar-refractivity contribution is -0.120. The molecule has 2 aromatic rings. The number of halogens is 2. The van der Waals surface area contributed by atoms with Crippen LogP contribution in [0.1, 0.15) is 36.5 Å². The quantitative estimate of drug-likeness (QED) is 0.612. The number of hydrogen-bond acceptors (Lipinski definition) is 5. The summed E-state index contributed by atoms with van der Waals surface area (Å²) in [6.07, 6.45) is 3.14. The van der Waals surface area contributed by atoms with Crippen LogP contribution in [0.4, 0.5) is 11.4 Å². The molecule has 1 N–H and O–H groups in total. The van der Waals surface area contributed by atoms with Gasteiger partial charge in [-0.3, -0.25) is 14.4 Å². The first-order valence-electron chi connectivity index (χ1n) is 10.6. The number of likely N-dealkylation sites (tertiary alicyclic amines) is 1. The molecule has 7 nitrogen and oxygen atoms in total. The second-order valence-electron chi connectivity index (χ2n) is 8.00. The molecule has 1 atom stereocenters. The summed E-state index contributed by atoms with van der Waals surface area (Å²) in [7, 11) is 1.43. The average molecular weight is 488 g/mol. The van der Waals surface area contributed by atoms with Crippen LogP contribution in [0, 0.1) is 0 Å². The molecular formula is C24H23Cl2N3O4. The lowest BCUT2D eigenvalue weighted by atomic mass is 10.0. The molecule has 0 radical (unpaired) electrons. The largest absolute Gasteiger partial charge is 0.495 e. The van der Waals surface area contributed by atoms with E-state index in [-0.39, 0.29) is 28.4 Å². The molecule has 3 amide bonds. The van der Waals surface area contributed by atoms with Crippen molar-refractivity contribution in [2.75, 3.05) is 23.9 Å². The molecule has 4 rings (SSSR count). The highest BCUT2D eigenvalue weighted by atomic mass is 35.5. The highest BCUT2D eigenvalue weighted by Crippen LogP contribution is 2.37. The first-order valence-corrected chi connectivity index (χ1v) is 11.4. The monoisotopic (exact) mass is 487 g/mol. The van der Waals surface area contributed by atoms with Crippen LogP contribution in [0.15, 0.2) is 53.2 Å². The van der Waals surface area contributed by atoms with Gasteiger partial charge in [0, 0.05) is 28.9 Å². The number of nitrogens with one attached hydrogen (secondary N) is 1. The van der Waals surface area contributed by atoms with Crippen LogP contribution in [-0.2, 0) is 9.59 Å². The third-order valence-electron chi connectivity index (χ3n) is 5.87. The fourth-order valence-electron chi connectivity index (χ4n) is 4.07. The molecule has 0 bridgehead atoms. The Bertz CT molecular complexity index is 1150. The van der Waals surface area contributed by atoms with Crippen molar-refractivity contribution in [2.45, 2.75) is 32.2 Å². The third-order valence-corrected chi connectivity index (χ3v) is 6.46. The van der Waals surface area contributed by atoms with Crippen molar-refractivity contribution in [1.29, 1.82) is 0 Å². The zero-order valence-corrected chi connectivity index (χ0v) is 19.7. The molecule has 33 heavy (non-hydrogen) atoms. The zero-order valence-electron chi connectivity index (χ0n) is 18.2. The van der Waals surface area contributed by atoms with E-state index in [1.54, 1.807) is 36.4 Å². The third kappa shape index (κ3) is 4.43. The SMILES string of the molecule is COc1ccc(Cl)cc1N1C(=O)C(Cl)=C(Nc2ccc(C(=O)N3CCCCC3C)cc2)C1=O. The van der Waals surface area contributed by atoms with Gasteiger partial charge in [-0.15, -0.1) is 0 Å². The van der Waals surface area contributed by atoms with Crippen LogP contribution in [-0.4, -0.2) is 42.3 Å². The van der Waals surface area contributed by atoms with E-state index in [1.165, 1.54) is 13.2 Å². The number of anilines is 2. The number of nitrogens with zero attached hydrogens (tertiary/aromatic N) is 2. The van der Waals surface area contributed by atoms with Gasteiger partial charge < -0.3 is 15.0 Å². The minimum Gasteiger partial charge on any atom is -0.495 e. The molecule has 0 aromatic heterocycles. The molecule has 1 saturated heterocycles. The second kappa shape index (κ2) is 9.45. The van der Waals surface area contributed by atoms with Gasteiger partial charge in [-0.2, -0.15) is 0 Å². The van der Waals surface area contributed by atoms with Crippen molar-refractivity contribution in [2.24, 2.45) is 0 Å². The molecule has 0 saturated carbocycles. The van der Waals surface area contributed by atoms with Gasteiger partial charge >= 0.3 is 0 Å². The minimum atomic E-state index is -0.685. The predicted octanol–water partition coefficient (Wildman–Crippen LogP) is 4.80. The Morgan fingerprint density at radius 1 is 1.06 bits per heavy atom. The van der Waals surface area contributed by atoms with Crippen LogP contribution in [0.2, 0.25) is 5.02 Å². The number of imide groups is 1. The lowest BCUT2D eigenvalue weighted by Crippen LogP contribution is -2.42. The number of carbonyl (C=O) groups excluding carboxylic acids is 3. The molecule has 2 heterocycles. The number of benzene rings is 2. The number of methoxy groups -OCH3 is 1. The number of rotatable bonds is 5. The molecule has 0 aliphatic carbocycles. The lowest BCUT2D eigenvalue weighted by Gasteiger charge is -2.33. The van der Waals surface area contributed by atoms with Crippen molar-refractivity contribution < 1.29 is 19.1 Å². The van der Waals surface area contributed by atoms with Crippen LogP contribution in [0.5, 0.6) is 5.75 Å². The fourth-order valence-corrected chi connectivity index (χ4v) is 4.45. The van der Waals surface area contributed by atoms with E-state index in [0.717, 1.165) is 30.7 Å². The number of ether oxygens (including phenoxy) is 1. The topological polar surface area (TPSA) is 79.0 Å². The molecule has 9 heteroatoms.